The van der Waals surface area contributed by atoms with Crippen molar-refractivity contribution in [3.05, 3.63) is 34.8 Å². The zero-order valence-electron chi connectivity index (χ0n) is 11.1. The Labute approximate surface area is 107 Å². The molecule has 1 aliphatic carbocycles. The largest absolute Gasteiger partial charge is 0.401 e. The van der Waals surface area contributed by atoms with Gasteiger partial charge in [-0.25, -0.2) is 0 Å². The molecular formula is C16H20N2. The number of benzene rings is 1. The van der Waals surface area contributed by atoms with Gasteiger partial charge in [0.25, 0.3) is 0 Å². The molecule has 94 valence electrons. The number of nitrogens with two attached hydrogens (primary N) is 1. The molecule has 18 heavy (non-hydrogen) atoms. The van der Waals surface area contributed by atoms with Crippen LogP contribution in [0.3, 0.4) is 0 Å². The standard InChI is InChI=1S/C16H20N2/c1-3-18-14-7-5-4-6-12(14)16-13(17)10-11(2)8-9-15(16)18/h4-7,9,11H,3,8,10,17H2,1-2H3. The first-order chi connectivity index (χ1) is 8.72. The van der Waals surface area contributed by atoms with Crippen LogP contribution >= 0.6 is 0 Å². The maximum absolute atomic E-state index is 6.35. The molecule has 0 fully saturated rings. The minimum absolute atomic E-state index is 0.640. The van der Waals surface area contributed by atoms with Crippen LogP contribution in [-0.4, -0.2) is 4.57 Å². The molecule has 1 unspecified atom stereocenters. The molecule has 1 aromatic carbocycles. The molecule has 1 heterocycles. The van der Waals surface area contributed by atoms with Crippen molar-refractivity contribution in [1.82, 2.24) is 4.57 Å². The summed E-state index contributed by atoms with van der Waals surface area (Å²) < 4.78 is 2.38. The third-order valence-electron chi connectivity index (χ3n) is 3.93. The number of para-hydroxylation sites is 1. The van der Waals surface area contributed by atoms with Crippen molar-refractivity contribution in [1.29, 1.82) is 0 Å². The smallest absolute Gasteiger partial charge is 0.0491 e. The number of fused-ring (bicyclic) bond motifs is 3. The Morgan fingerprint density at radius 2 is 2.11 bits per heavy atom. The van der Waals surface area contributed by atoms with E-state index in [0.717, 1.165) is 25.1 Å². The van der Waals surface area contributed by atoms with Gasteiger partial charge in [-0.15, -0.1) is 0 Å². The van der Waals surface area contributed by atoms with Crippen LogP contribution in [0.15, 0.2) is 24.3 Å². The Balaban J connectivity index is 2.54. The topological polar surface area (TPSA) is 30.9 Å². The zero-order valence-corrected chi connectivity index (χ0v) is 11.1. The summed E-state index contributed by atoms with van der Waals surface area (Å²) in [6.45, 7) is 5.47. The van der Waals surface area contributed by atoms with Crippen LogP contribution in [0.5, 0.6) is 0 Å². The molecule has 2 N–H and O–H groups in total. The molecule has 1 aliphatic rings. The van der Waals surface area contributed by atoms with Gasteiger partial charge in [-0.05, 0) is 31.7 Å². The van der Waals surface area contributed by atoms with E-state index in [1.54, 1.807) is 0 Å². The fraction of sp³-hybridized carbons (Fsp3) is 0.375. The van der Waals surface area contributed by atoms with Gasteiger partial charge in [0.05, 0.1) is 0 Å². The Kier molecular flexibility index (Phi) is 2.66. The third-order valence-corrected chi connectivity index (χ3v) is 3.93. The van der Waals surface area contributed by atoms with Crippen molar-refractivity contribution in [3.63, 3.8) is 0 Å². The molecule has 3 rings (SSSR count). The minimum Gasteiger partial charge on any atom is -0.401 e. The zero-order chi connectivity index (χ0) is 12.7. The van der Waals surface area contributed by atoms with Gasteiger partial charge in [-0.1, -0.05) is 31.2 Å². The van der Waals surface area contributed by atoms with Crippen molar-refractivity contribution < 1.29 is 0 Å². The van der Waals surface area contributed by atoms with E-state index >= 15 is 0 Å². The van der Waals surface area contributed by atoms with Gasteiger partial charge in [0.1, 0.15) is 0 Å². The first-order valence-electron chi connectivity index (χ1n) is 6.78. The van der Waals surface area contributed by atoms with E-state index in [1.165, 1.54) is 21.5 Å². The fourth-order valence-corrected chi connectivity index (χ4v) is 3.09. The normalized spacial score (nSPS) is 19.4. The number of hydrogen-bond acceptors (Lipinski definition) is 1. The van der Waals surface area contributed by atoms with Gasteiger partial charge in [-0.3, -0.25) is 0 Å². The first kappa shape index (κ1) is 11.4. The molecule has 0 bridgehead atoms. The van der Waals surface area contributed by atoms with Gasteiger partial charge in [0.2, 0.25) is 0 Å². The average Bonchev–Trinajstić information content (AvgIpc) is 2.61. The lowest BCUT2D eigenvalue weighted by Crippen LogP contribution is -2.31. The highest BCUT2D eigenvalue weighted by molar-refractivity contribution is 5.83. The second-order valence-corrected chi connectivity index (χ2v) is 5.30. The van der Waals surface area contributed by atoms with Gasteiger partial charge in [0, 0.05) is 33.7 Å². The highest BCUT2D eigenvalue weighted by Crippen LogP contribution is 2.16. The van der Waals surface area contributed by atoms with E-state index in [4.69, 9.17) is 5.73 Å². The summed E-state index contributed by atoms with van der Waals surface area (Å²) in [5.74, 6) is 0.640. The number of hydrogen-bond donors (Lipinski definition) is 1. The van der Waals surface area contributed by atoms with E-state index in [0.29, 0.717) is 5.92 Å². The summed E-state index contributed by atoms with van der Waals surface area (Å²) in [7, 11) is 0. The van der Waals surface area contributed by atoms with Crippen LogP contribution in [-0.2, 0) is 6.54 Å². The van der Waals surface area contributed by atoms with Crippen molar-refractivity contribution in [2.75, 3.05) is 0 Å². The van der Waals surface area contributed by atoms with Crippen molar-refractivity contribution >= 4 is 22.7 Å². The van der Waals surface area contributed by atoms with Gasteiger partial charge in [0.15, 0.2) is 0 Å². The van der Waals surface area contributed by atoms with Crippen LogP contribution in [0.2, 0.25) is 0 Å². The van der Waals surface area contributed by atoms with Crippen LogP contribution < -0.4 is 16.3 Å². The van der Waals surface area contributed by atoms with Crippen LogP contribution in [0.25, 0.3) is 22.7 Å². The number of rotatable bonds is 1. The van der Waals surface area contributed by atoms with Crippen LogP contribution in [0, 0.1) is 5.92 Å². The average molecular weight is 240 g/mol. The van der Waals surface area contributed by atoms with E-state index < -0.39 is 0 Å². The van der Waals surface area contributed by atoms with Crippen LogP contribution in [0.4, 0.5) is 0 Å². The molecule has 1 atom stereocenters. The Bertz CT molecular complexity index is 707. The molecule has 1 aromatic heterocycles. The lowest BCUT2D eigenvalue weighted by Gasteiger charge is -2.06. The van der Waals surface area contributed by atoms with Crippen molar-refractivity contribution in [2.45, 2.75) is 33.2 Å². The molecule has 0 spiro atoms. The molecule has 2 heteroatoms. The molecular weight excluding hydrogens is 220 g/mol. The summed E-state index contributed by atoms with van der Waals surface area (Å²) >= 11 is 0. The lowest BCUT2D eigenvalue weighted by atomic mass is 10.0. The predicted octanol–water partition coefficient (Wildman–Crippen LogP) is 1.94. The maximum Gasteiger partial charge on any atom is 0.0491 e. The Morgan fingerprint density at radius 1 is 1.33 bits per heavy atom. The highest BCUT2D eigenvalue weighted by Gasteiger charge is 2.13. The maximum atomic E-state index is 6.35. The van der Waals surface area contributed by atoms with E-state index in [1.807, 2.05) is 0 Å². The summed E-state index contributed by atoms with van der Waals surface area (Å²) in [6.07, 6.45) is 4.48. The SMILES string of the molecule is CCn1c2c(c3ccccc31)=C(N)CC(C)CC=2. The lowest BCUT2D eigenvalue weighted by molar-refractivity contribution is 0.623. The first-order valence-corrected chi connectivity index (χ1v) is 6.78. The molecule has 2 nitrogen and oxygen atoms in total. The fourth-order valence-electron chi connectivity index (χ4n) is 3.09. The predicted molar refractivity (Wildman–Crippen MR) is 77.3 cm³/mol. The second kappa shape index (κ2) is 4.20. The summed E-state index contributed by atoms with van der Waals surface area (Å²) in [5.41, 5.74) is 8.71. The summed E-state index contributed by atoms with van der Waals surface area (Å²) in [4.78, 5) is 0. The van der Waals surface area contributed by atoms with Crippen molar-refractivity contribution in [2.24, 2.45) is 11.7 Å². The van der Waals surface area contributed by atoms with Gasteiger partial charge < -0.3 is 10.3 Å². The quantitative estimate of drug-likeness (QED) is 0.811. The molecule has 0 saturated heterocycles. The molecule has 2 aromatic rings. The molecule has 0 radical (unpaired) electrons. The summed E-state index contributed by atoms with van der Waals surface area (Å²) in [5, 5.41) is 3.90. The highest BCUT2D eigenvalue weighted by atomic mass is 15.0. The number of nitrogens with zero attached hydrogens (tertiary/aromatic N) is 1. The van der Waals surface area contributed by atoms with E-state index in [2.05, 4.69) is 48.8 Å². The van der Waals surface area contributed by atoms with Gasteiger partial charge in [-0.2, -0.15) is 0 Å². The molecule has 0 aliphatic heterocycles. The Morgan fingerprint density at radius 3 is 2.89 bits per heavy atom. The molecule has 0 amide bonds. The number of aryl methyl sites for hydroxylation is 1. The van der Waals surface area contributed by atoms with E-state index in [-0.39, 0.29) is 0 Å². The van der Waals surface area contributed by atoms with Crippen LogP contribution in [0.1, 0.15) is 26.7 Å². The van der Waals surface area contributed by atoms with Crippen molar-refractivity contribution in [3.8, 4) is 0 Å². The third kappa shape index (κ3) is 1.56. The number of aromatic nitrogens is 1. The van der Waals surface area contributed by atoms with E-state index in [9.17, 15) is 0 Å². The van der Waals surface area contributed by atoms with Gasteiger partial charge >= 0.3 is 0 Å². The summed E-state index contributed by atoms with van der Waals surface area (Å²) in [6, 6.07) is 8.59. The molecule has 0 saturated carbocycles. The second-order valence-electron chi connectivity index (χ2n) is 5.30. The Hall–Kier alpha value is -1.70. The minimum atomic E-state index is 0.640. The monoisotopic (exact) mass is 240 g/mol.